The van der Waals surface area contributed by atoms with Crippen molar-refractivity contribution in [3.05, 3.63) is 35.4 Å². The van der Waals surface area contributed by atoms with E-state index in [9.17, 15) is 5.11 Å². The quantitative estimate of drug-likeness (QED) is 0.231. The van der Waals surface area contributed by atoms with Crippen LogP contribution < -0.4 is 0 Å². The third-order valence-corrected chi connectivity index (χ3v) is 6.59. The molecule has 182 valence electrons. The Kier molecular flexibility index (Phi) is 13.0. The van der Waals surface area contributed by atoms with Crippen molar-refractivity contribution in [3.63, 3.8) is 0 Å². The topological polar surface area (TPSA) is 41.8 Å². The van der Waals surface area contributed by atoms with Crippen LogP contribution in [0.4, 0.5) is 0 Å². The largest absolute Gasteiger partial charge is 0.475 e. The van der Waals surface area contributed by atoms with Gasteiger partial charge >= 0.3 is 0 Å². The van der Waals surface area contributed by atoms with Gasteiger partial charge in [-0.3, -0.25) is 0 Å². The molecule has 1 atom stereocenters. The van der Waals surface area contributed by atoms with Crippen molar-refractivity contribution in [2.24, 2.45) is 4.99 Å². The fraction of sp³-hybridized carbons (Fsp3) is 0.759. The molecule has 0 amide bonds. The molecule has 1 unspecified atom stereocenters. The van der Waals surface area contributed by atoms with Crippen LogP contribution >= 0.6 is 0 Å². The van der Waals surface area contributed by atoms with Crippen LogP contribution in [-0.4, -0.2) is 23.2 Å². The van der Waals surface area contributed by atoms with Crippen molar-refractivity contribution in [2.45, 2.75) is 135 Å². The molecule has 0 bridgehead atoms. The number of aliphatic hydroxyl groups is 1. The molecule has 1 aliphatic heterocycles. The highest BCUT2D eigenvalue weighted by molar-refractivity contribution is 5.95. The number of hydrogen-bond donors (Lipinski definition) is 1. The Bertz CT molecular complexity index is 635. The van der Waals surface area contributed by atoms with Crippen LogP contribution in [0.5, 0.6) is 0 Å². The van der Waals surface area contributed by atoms with Crippen LogP contribution in [-0.2, 0) is 4.74 Å². The van der Waals surface area contributed by atoms with Crippen LogP contribution in [0.2, 0.25) is 0 Å². The van der Waals surface area contributed by atoms with E-state index in [0.717, 1.165) is 29.9 Å². The van der Waals surface area contributed by atoms with Gasteiger partial charge in [-0.25, -0.2) is 4.99 Å². The first kappa shape index (κ1) is 26.9. The van der Waals surface area contributed by atoms with Crippen LogP contribution in [0, 0.1) is 0 Å². The maximum absolute atomic E-state index is 10.5. The van der Waals surface area contributed by atoms with Crippen LogP contribution in [0.1, 0.15) is 141 Å². The van der Waals surface area contributed by atoms with Gasteiger partial charge < -0.3 is 9.84 Å². The van der Waals surface area contributed by atoms with E-state index >= 15 is 0 Å². The van der Waals surface area contributed by atoms with Crippen LogP contribution in [0.15, 0.2) is 29.3 Å². The van der Waals surface area contributed by atoms with Crippen molar-refractivity contribution in [1.82, 2.24) is 0 Å². The zero-order valence-electron chi connectivity index (χ0n) is 21.2. The fourth-order valence-electron chi connectivity index (χ4n) is 4.46. The van der Waals surface area contributed by atoms with Gasteiger partial charge in [-0.15, -0.1) is 0 Å². The summed E-state index contributed by atoms with van der Waals surface area (Å²) < 4.78 is 5.70. The van der Waals surface area contributed by atoms with E-state index in [-0.39, 0.29) is 11.6 Å². The van der Waals surface area contributed by atoms with E-state index in [1.54, 1.807) is 0 Å². The van der Waals surface area contributed by atoms with E-state index in [4.69, 9.17) is 4.74 Å². The van der Waals surface area contributed by atoms with Crippen molar-refractivity contribution in [3.8, 4) is 0 Å². The predicted octanol–water partition coefficient (Wildman–Crippen LogP) is 8.54. The molecule has 0 spiro atoms. The number of ether oxygens (including phenoxy) is 1. The minimum absolute atomic E-state index is 0.138. The van der Waals surface area contributed by atoms with E-state index in [1.807, 2.05) is 24.3 Å². The molecule has 0 saturated carbocycles. The van der Waals surface area contributed by atoms with Gasteiger partial charge in [0.15, 0.2) is 0 Å². The Morgan fingerprint density at radius 1 is 0.781 bits per heavy atom. The first-order valence-corrected chi connectivity index (χ1v) is 13.5. The summed E-state index contributed by atoms with van der Waals surface area (Å²) in [5.41, 5.74) is 1.86. The summed E-state index contributed by atoms with van der Waals surface area (Å²) in [4.78, 5) is 4.62. The average Bonchev–Trinajstić information content (AvgIpc) is 3.16. The number of benzene rings is 1. The molecule has 0 aromatic heterocycles. The Morgan fingerprint density at radius 3 is 1.69 bits per heavy atom. The molecule has 1 aromatic carbocycles. The van der Waals surface area contributed by atoms with E-state index < -0.39 is 0 Å². The summed E-state index contributed by atoms with van der Waals surface area (Å²) in [6.45, 7) is 7.07. The van der Waals surface area contributed by atoms with Crippen molar-refractivity contribution >= 4 is 5.90 Å². The lowest BCUT2D eigenvalue weighted by molar-refractivity contribution is 0.163. The van der Waals surface area contributed by atoms with Crippen LogP contribution in [0.3, 0.4) is 0 Å². The number of unbranched alkanes of at least 4 members (excludes halogenated alkanes) is 14. The second-order valence-corrected chi connectivity index (χ2v) is 10.4. The van der Waals surface area contributed by atoms with E-state index in [0.29, 0.717) is 6.61 Å². The minimum Gasteiger partial charge on any atom is -0.475 e. The number of aliphatic imine (C=N–C) groups is 1. The second kappa shape index (κ2) is 15.5. The first-order chi connectivity index (χ1) is 15.5. The molecule has 1 aromatic rings. The molecule has 0 aliphatic carbocycles. The highest BCUT2D eigenvalue weighted by atomic mass is 16.5. The van der Waals surface area contributed by atoms with Gasteiger partial charge in [0.2, 0.25) is 5.90 Å². The van der Waals surface area contributed by atoms with Crippen molar-refractivity contribution < 1.29 is 9.84 Å². The Hall–Kier alpha value is -1.35. The normalized spacial score (nSPS) is 16.1. The maximum Gasteiger partial charge on any atom is 0.216 e. The number of aliphatic hydroxyl groups excluding tert-OH is 1. The van der Waals surface area contributed by atoms with Crippen molar-refractivity contribution in [2.75, 3.05) is 6.61 Å². The molecular formula is C29H49NO2. The highest BCUT2D eigenvalue weighted by Crippen LogP contribution is 2.24. The number of nitrogens with zero attached hydrogens (tertiary/aromatic N) is 1. The van der Waals surface area contributed by atoms with Gasteiger partial charge in [-0.1, -0.05) is 115 Å². The highest BCUT2D eigenvalue weighted by Gasteiger charge is 2.26. The lowest BCUT2D eigenvalue weighted by Crippen LogP contribution is -2.17. The third kappa shape index (κ3) is 11.0. The average molecular weight is 444 g/mol. The van der Waals surface area contributed by atoms with Gasteiger partial charge in [-0.2, -0.15) is 0 Å². The second-order valence-electron chi connectivity index (χ2n) is 10.4. The van der Waals surface area contributed by atoms with E-state index in [1.165, 1.54) is 89.9 Å². The molecule has 1 N–H and O–H groups in total. The lowest BCUT2D eigenvalue weighted by atomic mass is 10.0. The maximum atomic E-state index is 10.5. The Labute approximate surface area is 198 Å². The fourth-order valence-corrected chi connectivity index (χ4v) is 4.46. The predicted molar refractivity (Wildman–Crippen MR) is 138 cm³/mol. The standard InChI is InChI=1S/C29H49NO2/c1-4-5-6-7-8-9-10-11-12-13-14-15-16-17-18-19-27(31)25-20-22-26(23-21-25)28-30-29(2,3)24-32-28/h20-23,27,31H,4-19,24H2,1-3H3. The molecule has 0 fully saturated rings. The smallest absolute Gasteiger partial charge is 0.216 e. The summed E-state index contributed by atoms with van der Waals surface area (Å²) >= 11 is 0. The molecule has 3 nitrogen and oxygen atoms in total. The summed E-state index contributed by atoms with van der Waals surface area (Å²) in [5.74, 6) is 0.721. The summed E-state index contributed by atoms with van der Waals surface area (Å²) in [6, 6.07) is 8.07. The SMILES string of the molecule is CCCCCCCCCCCCCCCCCC(O)c1ccc(C2=NC(C)(C)CO2)cc1. The molecule has 0 saturated heterocycles. The molecule has 32 heavy (non-hydrogen) atoms. The van der Waals surface area contributed by atoms with Gasteiger partial charge in [0.25, 0.3) is 0 Å². The van der Waals surface area contributed by atoms with Gasteiger partial charge in [0, 0.05) is 5.56 Å². The molecule has 2 rings (SSSR count). The van der Waals surface area contributed by atoms with Gasteiger partial charge in [0.05, 0.1) is 11.6 Å². The zero-order valence-corrected chi connectivity index (χ0v) is 21.2. The molecule has 3 heteroatoms. The molecule has 0 radical (unpaired) electrons. The lowest BCUT2D eigenvalue weighted by Gasteiger charge is -2.11. The number of rotatable bonds is 18. The summed E-state index contributed by atoms with van der Waals surface area (Å²) in [5, 5.41) is 10.5. The molecule has 1 aliphatic rings. The zero-order chi connectivity index (χ0) is 23.1. The summed E-state index contributed by atoms with van der Waals surface area (Å²) in [6.07, 6.45) is 21.0. The monoisotopic (exact) mass is 443 g/mol. The summed E-state index contributed by atoms with van der Waals surface area (Å²) in [7, 11) is 0. The third-order valence-electron chi connectivity index (χ3n) is 6.59. The minimum atomic E-state index is -0.367. The van der Waals surface area contributed by atoms with Gasteiger partial charge in [-0.05, 0) is 38.0 Å². The Morgan fingerprint density at radius 2 is 1.25 bits per heavy atom. The molecule has 1 heterocycles. The van der Waals surface area contributed by atoms with E-state index in [2.05, 4.69) is 25.8 Å². The molecular weight excluding hydrogens is 394 g/mol. The number of hydrogen-bond acceptors (Lipinski definition) is 3. The Balaban J connectivity index is 1.44. The van der Waals surface area contributed by atoms with Crippen LogP contribution in [0.25, 0.3) is 0 Å². The van der Waals surface area contributed by atoms with Crippen molar-refractivity contribution in [1.29, 1.82) is 0 Å². The van der Waals surface area contributed by atoms with Gasteiger partial charge in [0.1, 0.15) is 6.61 Å². The first-order valence-electron chi connectivity index (χ1n) is 13.5.